The molecule has 84 valence electrons. The Morgan fingerprint density at radius 1 is 1.44 bits per heavy atom. The standard InChI is InChI=1S/C11H14N4S/c1-7-2-3-8(4-7)16-11-14-9-5-12-6-13-10(9)15-11/h5-8H,2-4H2,1H3,(H,12,13,14,15). The maximum atomic E-state index is 4.46. The van der Waals surface area contributed by atoms with Crippen LogP contribution in [-0.2, 0) is 0 Å². The zero-order valence-electron chi connectivity index (χ0n) is 9.18. The summed E-state index contributed by atoms with van der Waals surface area (Å²) < 4.78 is 0. The van der Waals surface area contributed by atoms with Crippen molar-refractivity contribution in [2.45, 2.75) is 36.6 Å². The van der Waals surface area contributed by atoms with Crippen LogP contribution < -0.4 is 0 Å². The van der Waals surface area contributed by atoms with Gasteiger partial charge in [0.05, 0.1) is 6.20 Å². The van der Waals surface area contributed by atoms with Crippen LogP contribution in [0, 0.1) is 5.92 Å². The Bertz CT molecular complexity index is 462. The summed E-state index contributed by atoms with van der Waals surface area (Å²) in [5.41, 5.74) is 1.69. The van der Waals surface area contributed by atoms with Crippen molar-refractivity contribution >= 4 is 22.9 Å². The van der Waals surface area contributed by atoms with E-state index in [1.54, 1.807) is 6.20 Å². The topological polar surface area (TPSA) is 54.5 Å². The quantitative estimate of drug-likeness (QED) is 0.868. The molecular formula is C11H14N4S. The van der Waals surface area contributed by atoms with E-state index in [1.165, 1.54) is 25.6 Å². The molecule has 0 spiro atoms. The molecule has 3 rings (SSSR count). The highest BCUT2D eigenvalue weighted by molar-refractivity contribution is 7.99. The van der Waals surface area contributed by atoms with Gasteiger partial charge in [-0.05, 0) is 25.2 Å². The molecule has 2 aromatic heterocycles. The van der Waals surface area contributed by atoms with Crippen LogP contribution >= 0.6 is 11.8 Å². The van der Waals surface area contributed by atoms with E-state index in [4.69, 9.17) is 0 Å². The summed E-state index contributed by atoms with van der Waals surface area (Å²) >= 11 is 1.85. The van der Waals surface area contributed by atoms with E-state index in [-0.39, 0.29) is 0 Å². The van der Waals surface area contributed by atoms with Crippen molar-refractivity contribution in [3.05, 3.63) is 12.5 Å². The predicted molar refractivity (Wildman–Crippen MR) is 64.3 cm³/mol. The molecule has 2 heterocycles. The highest BCUT2D eigenvalue weighted by Gasteiger charge is 2.23. The SMILES string of the molecule is CC1CCC(Sc2nc3ncncc3[nH]2)C1. The lowest BCUT2D eigenvalue weighted by Gasteiger charge is -2.05. The summed E-state index contributed by atoms with van der Waals surface area (Å²) in [6.45, 7) is 2.32. The molecule has 0 bridgehead atoms. The van der Waals surface area contributed by atoms with Gasteiger partial charge in [0, 0.05) is 5.25 Å². The largest absolute Gasteiger partial charge is 0.330 e. The number of hydrogen-bond acceptors (Lipinski definition) is 4. The lowest BCUT2D eigenvalue weighted by Crippen LogP contribution is -1.95. The van der Waals surface area contributed by atoms with Gasteiger partial charge in [-0.1, -0.05) is 18.7 Å². The molecule has 16 heavy (non-hydrogen) atoms. The number of aromatic amines is 1. The normalized spacial score (nSPS) is 25.3. The number of nitrogens with zero attached hydrogens (tertiary/aromatic N) is 3. The van der Waals surface area contributed by atoms with E-state index in [9.17, 15) is 0 Å². The minimum absolute atomic E-state index is 0.712. The second-order valence-corrected chi connectivity index (χ2v) is 5.75. The van der Waals surface area contributed by atoms with Crippen LogP contribution in [-0.4, -0.2) is 25.2 Å². The van der Waals surface area contributed by atoms with Gasteiger partial charge in [-0.3, -0.25) is 0 Å². The molecule has 2 atom stereocenters. The molecule has 0 saturated heterocycles. The van der Waals surface area contributed by atoms with Gasteiger partial charge in [-0.25, -0.2) is 15.0 Å². The smallest absolute Gasteiger partial charge is 0.181 e. The van der Waals surface area contributed by atoms with E-state index in [0.717, 1.165) is 22.2 Å². The molecule has 2 unspecified atom stereocenters. The van der Waals surface area contributed by atoms with Crippen LogP contribution in [0.5, 0.6) is 0 Å². The number of fused-ring (bicyclic) bond motifs is 1. The van der Waals surface area contributed by atoms with Gasteiger partial charge in [0.25, 0.3) is 0 Å². The minimum Gasteiger partial charge on any atom is -0.330 e. The molecule has 0 amide bonds. The van der Waals surface area contributed by atoms with Crippen LogP contribution in [0.1, 0.15) is 26.2 Å². The molecule has 1 fully saturated rings. The van der Waals surface area contributed by atoms with E-state index < -0.39 is 0 Å². The van der Waals surface area contributed by atoms with Crippen molar-refractivity contribution in [3.8, 4) is 0 Å². The molecule has 1 saturated carbocycles. The summed E-state index contributed by atoms with van der Waals surface area (Å²) in [5.74, 6) is 0.863. The number of aromatic nitrogens is 4. The summed E-state index contributed by atoms with van der Waals surface area (Å²) in [4.78, 5) is 15.8. The average molecular weight is 234 g/mol. The van der Waals surface area contributed by atoms with Crippen LogP contribution in [0.2, 0.25) is 0 Å². The van der Waals surface area contributed by atoms with Crippen LogP contribution in [0.4, 0.5) is 0 Å². The predicted octanol–water partition coefficient (Wildman–Crippen LogP) is 2.63. The van der Waals surface area contributed by atoms with E-state index in [0.29, 0.717) is 5.25 Å². The molecule has 5 heteroatoms. The molecule has 1 aliphatic carbocycles. The zero-order valence-corrected chi connectivity index (χ0v) is 10.00. The fraction of sp³-hybridized carbons (Fsp3) is 0.545. The van der Waals surface area contributed by atoms with Crippen molar-refractivity contribution in [1.29, 1.82) is 0 Å². The number of hydrogen-bond donors (Lipinski definition) is 1. The van der Waals surface area contributed by atoms with Crippen LogP contribution in [0.25, 0.3) is 11.2 Å². The Morgan fingerprint density at radius 2 is 2.38 bits per heavy atom. The monoisotopic (exact) mass is 234 g/mol. The fourth-order valence-corrected chi connectivity index (χ4v) is 3.52. The summed E-state index contributed by atoms with van der Waals surface area (Å²) in [7, 11) is 0. The van der Waals surface area contributed by atoms with Gasteiger partial charge < -0.3 is 4.98 Å². The molecule has 0 radical (unpaired) electrons. The molecule has 1 aliphatic rings. The highest BCUT2D eigenvalue weighted by atomic mass is 32.2. The number of rotatable bonds is 2. The van der Waals surface area contributed by atoms with Crippen molar-refractivity contribution in [3.63, 3.8) is 0 Å². The Kier molecular flexibility index (Phi) is 2.55. The number of imidazole rings is 1. The summed E-state index contributed by atoms with van der Waals surface area (Å²) in [6, 6.07) is 0. The van der Waals surface area contributed by atoms with Gasteiger partial charge in [0.1, 0.15) is 11.8 Å². The van der Waals surface area contributed by atoms with Crippen LogP contribution in [0.3, 0.4) is 0 Å². The summed E-state index contributed by atoms with van der Waals surface area (Å²) in [5, 5.41) is 1.69. The third-order valence-electron chi connectivity index (χ3n) is 3.07. The van der Waals surface area contributed by atoms with Gasteiger partial charge in [-0.15, -0.1) is 0 Å². The first kappa shape index (κ1) is 10.1. The van der Waals surface area contributed by atoms with Crippen LogP contribution in [0.15, 0.2) is 17.7 Å². The lowest BCUT2D eigenvalue weighted by atomic mass is 10.1. The second-order valence-electron chi connectivity index (χ2n) is 4.46. The van der Waals surface area contributed by atoms with Crippen molar-refractivity contribution in [2.24, 2.45) is 5.92 Å². The number of nitrogens with one attached hydrogen (secondary N) is 1. The Morgan fingerprint density at radius 3 is 3.12 bits per heavy atom. The minimum atomic E-state index is 0.712. The Hall–Kier alpha value is -1.10. The highest BCUT2D eigenvalue weighted by Crippen LogP contribution is 2.36. The summed E-state index contributed by atoms with van der Waals surface area (Å²) in [6.07, 6.45) is 7.26. The van der Waals surface area contributed by atoms with Crippen molar-refractivity contribution in [1.82, 2.24) is 19.9 Å². The molecule has 0 aromatic carbocycles. The first-order chi connectivity index (χ1) is 7.81. The van der Waals surface area contributed by atoms with Gasteiger partial charge in [0.15, 0.2) is 10.8 Å². The first-order valence-electron chi connectivity index (χ1n) is 5.63. The second kappa shape index (κ2) is 4.05. The maximum Gasteiger partial charge on any atom is 0.181 e. The fourth-order valence-electron chi connectivity index (χ4n) is 2.22. The molecule has 4 nitrogen and oxygen atoms in total. The van der Waals surface area contributed by atoms with E-state index >= 15 is 0 Å². The average Bonchev–Trinajstić information content (AvgIpc) is 2.84. The number of H-pyrrole nitrogens is 1. The Balaban J connectivity index is 1.79. The van der Waals surface area contributed by atoms with Gasteiger partial charge >= 0.3 is 0 Å². The first-order valence-corrected chi connectivity index (χ1v) is 6.51. The third-order valence-corrected chi connectivity index (χ3v) is 4.24. The molecular weight excluding hydrogens is 220 g/mol. The van der Waals surface area contributed by atoms with Crippen molar-refractivity contribution < 1.29 is 0 Å². The number of thioether (sulfide) groups is 1. The van der Waals surface area contributed by atoms with E-state index in [1.807, 2.05) is 11.8 Å². The molecule has 0 aliphatic heterocycles. The maximum absolute atomic E-state index is 4.46. The Labute approximate surface area is 98.3 Å². The molecule has 1 N–H and O–H groups in total. The van der Waals surface area contributed by atoms with Gasteiger partial charge in [0.2, 0.25) is 0 Å². The van der Waals surface area contributed by atoms with Gasteiger partial charge in [-0.2, -0.15) is 0 Å². The lowest BCUT2D eigenvalue weighted by molar-refractivity contribution is 0.613. The third kappa shape index (κ3) is 1.91. The molecule has 2 aromatic rings. The van der Waals surface area contributed by atoms with E-state index in [2.05, 4.69) is 26.9 Å². The zero-order chi connectivity index (χ0) is 11.0. The van der Waals surface area contributed by atoms with Crippen molar-refractivity contribution in [2.75, 3.05) is 0 Å².